The topological polar surface area (TPSA) is 65.7 Å². The number of esters is 1. The van der Waals surface area contributed by atoms with Gasteiger partial charge in [0, 0.05) is 22.9 Å². The molecule has 0 unspecified atom stereocenters. The molecule has 1 aromatic heterocycles. The van der Waals surface area contributed by atoms with Crippen molar-refractivity contribution in [2.75, 3.05) is 6.61 Å². The number of benzene rings is 1. The van der Waals surface area contributed by atoms with Gasteiger partial charge in [-0.05, 0) is 142 Å². The summed E-state index contributed by atoms with van der Waals surface area (Å²) in [6, 6.07) is 3.89. The summed E-state index contributed by atoms with van der Waals surface area (Å²) in [6.45, 7) is 14.3. The van der Waals surface area contributed by atoms with E-state index < -0.39 is 0 Å². The Morgan fingerprint density at radius 1 is 0.979 bits per heavy atom. The van der Waals surface area contributed by atoms with E-state index in [-0.39, 0.29) is 29.7 Å². The molecule has 0 N–H and O–H groups in total. The highest BCUT2D eigenvalue weighted by Gasteiger charge is 2.59. The minimum Gasteiger partial charge on any atom is -0.481 e. The maximum absolute atomic E-state index is 13.1. The van der Waals surface area contributed by atoms with Crippen molar-refractivity contribution in [2.45, 2.75) is 144 Å². The second kappa shape index (κ2) is 13.3. The molecule has 5 aliphatic rings. The lowest BCUT2D eigenvalue weighted by molar-refractivity contribution is -0.153. The number of fused-ring (bicyclic) bond motifs is 8. The van der Waals surface area contributed by atoms with E-state index in [1.165, 1.54) is 56.9 Å². The fourth-order valence-electron chi connectivity index (χ4n) is 11.9. The molecule has 5 aliphatic carbocycles. The van der Waals surface area contributed by atoms with Gasteiger partial charge in [-0.1, -0.05) is 65.5 Å². The Hall–Kier alpha value is -2.56. The lowest BCUT2D eigenvalue weighted by Gasteiger charge is -2.58. The van der Waals surface area contributed by atoms with Crippen molar-refractivity contribution >= 4 is 16.9 Å². The summed E-state index contributed by atoms with van der Waals surface area (Å²) in [4.78, 5) is 25.8. The standard InChI is InChI=1S/C43H60O5/c1-26(2)10-9-11-27(3)35-17-18-36-34-15-14-29-24-30(20-22-42(29,5)37(34)21-23-43(35,36)6)47-39(44)25-46-38-19-16-32-31-12-7-8-13-33(31)41(45)48-40(32)28(38)4/h14,16,19,26-27,30,34-37H,7-13,15,17-18,20-25H2,1-6H3/t27-,30+,34+,35-,36+,37-,42+,43-/m1/s1. The van der Waals surface area contributed by atoms with E-state index in [0.717, 1.165) is 103 Å². The molecular weight excluding hydrogens is 596 g/mol. The maximum atomic E-state index is 13.1. The molecule has 5 nitrogen and oxygen atoms in total. The smallest absolute Gasteiger partial charge is 0.344 e. The van der Waals surface area contributed by atoms with Crippen molar-refractivity contribution in [3.63, 3.8) is 0 Å². The summed E-state index contributed by atoms with van der Waals surface area (Å²) in [6.07, 6.45) is 20.1. The second-order valence-corrected chi connectivity index (χ2v) is 17.6. The Bertz CT molecular complexity index is 1610. The number of hydrogen-bond donors (Lipinski definition) is 0. The van der Waals surface area contributed by atoms with Crippen molar-refractivity contribution in [2.24, 2.45) is 46.3 Å². The van der Waals surface area contributed by atoms with Gasteiger partial charge in [0.2, 0.25) is 0 Å². The molecule has 0 bridgehead atoms. The van der Waals surface area contributed by atoms with Gasteiger partial charge in [-0.3, -0.25) is 0 Å². The van der Waals surface area contributed by atoms with Crippen LogP contribution in [0.25, 0.3) is 11.0 Å². The number of aryl methyl sites for hydroxylation is 2. The molecule has 8 atom stereocenters. The van der Waals surface area contributed by atoms with Crippen LogP contribution in [0.2, 0.25) is 0 Å². The van der Waals surface area contributed by atoms with Crippen LogP contribution < -0.4 is 10.4 Å². The summed E-state index contributed by atoms with van der Waals surface area (Å²) >= 11 is 0. The first-order valence-corrected chi connectivity index (χ1v) is 19.6. The van der Waals surface area contributed by atoms with Crippen molar-refractivity contribution in [1.29, 1.82) is 0 Å². The monoisotopic (exact) mass is 656 g/mol. The molecule has 48 heavy (non-hydrogen) atoms. The Morgan fingerprint density at radius 2 is 1.77 bits per heavy atom. The van der Waals surface area contributed by atoms with Crippen LogP contribution in [-0.2, 0) is 22.4 Å². The summed E-state index contributed by atoms with van der Waals surface area (Å²) in [5.41, 5.74) is 5.32. The number of carbonyl (C=O) groups excluding carboxylic acids is 1. The predicted octanol–water partition coefficient (Wildman–Crippen LogP) is 10.3. The quantitative estimate of drug-likeness (QED) is 0.153. The molecule has 7 rings (SSSR count). The molecule has 0 saturated heterocycles. The van der Waals surface area contributed by atoms with E-state index in [0.29, 0.717) is 16.7 Å². The third kappa shape index (κ3) is 5.97. The first-order valence-electron chi connectivity index (χ1n) is 19.6. The average molecular weight is 657 g/mol. The Labute approximate surface area is 288 Å². The molecule has 5 heteroatoms. The van der Waals surface area contributed by atoms with Crippen LogP contribution in [0.5, 0.6) is 5.75 Å². The van der Waals surface area contributed by atoms with Crippen LogP contribution in [0.4, 0.5) is 0 Å². The summed E-state index contributed by atoms with van der Waals surface area (Å²) < 4.78 is 17.8. The van der Waals surface area contributed by atoms with E-state index in [1.54, 1.807) is 0 Å². The van der Waals surface area contributed by atoms with Gasteiger partial charge < -0.3 is 13.9 Å². The molecule has 0 spiro atoms. The number of ether oxygens (including phenoxy) is 2. The highest BCUT2D eigenvalue weighted by atomic mass is 16.6. The molecule has 0 radical (unpaired) electrons. The fourth-order valence-corrected chi connectivity index (χ4v) is 11.9. The molecule has 3 saturated carbocycles. The predicted molar refractivity (Wildman–Crippen MR) is 192 cm³/mol. The lowest BCUT2D eigenvalue weighted by atomic mass is 9.47. The van der Waals surface area contributed by atoms with Gasteiger partial charge in [0.15, 0.2) is 6.61 Å². The third-order valence-electron chi connectivity index (χ3n) is 14.5. The number of allylic oxidation sites excluding steroid dienone is 1. The summed E-state index contributed by atoms with van der Waals surface area (Å²) in [5, 5.41) is 0.993. The average Bonchev–Trinajstić information content (AvgIpc) is 3.42. The van der Waals surface area contributed by atoms with Gasteiger partial charge >= 0.3 is 11.6 Å². The van der Waals surface area contributed by atoms with Crippen molar-refractivity contribution in [3.8, 4) is 5.75 Å². The first-order chi connectivity index (χ1) is 23.0. The molecule has 0 aliphatic heterocycles. The lowest BCUT2D eigenvalue weighted by Crippen LogP contribution is -2.51. The Kier molecular flexibility index (Phi) is 9.39. The largest absolute Gasteiger partial charge is 0.481 e. The van der Waals surface area contributed by atoms with E-state index in [2.05, 4.69) is 40.7 Å². The van der Waals surface area contributed by atoms with E-state index in [1.807, 2.05) is 19.1 Å². The number of carbonyl (C=O) groups is 1. The van der Waals surface area contributed by atoms with E-state index in [9.17, 15) is 9.59 Å². The molecule has 0 amide bonds. The minimum absolute atomic E-state index is 0.0874. The van der Waals surface area contributed by atoms with Crippen LogP contribution in [0.3, 0.4) is 0 Å². The Morgan fingerprint density at radius 3 is 2.56 bits per heavy atom. The second-order valence-electron chi connectivity index (χ2n) is 17.6. The van der Waals surface area contributed by atoms with Crippen LogP contribution in [-0.4, -0.2) is 18.7 Å². The molecular formula is C43H60O5. The third-order valence-corrected chi connectivity index (χ3v) is 14.5. The minimum atomic E-state index is -0.322. The zero-order valence-corrected chi connectivity index (χ0v) is 30.6. The summed E-state index contributed by atoms with van der Waals surface area (Å²) in [5.74, 6) is 5.20. The van der Waals surface area contributed by atoms with Gasteiger partial charge in [-0.25, -0.2) is 9.59 Å². The van der Waals surface area contributed by atoms with E-state index >= 15 is 0 Å². The van der Waals surface area contributed by atoms with Gasteiger partial charge in [0.05, 0.1) is 0 Å². The zero-order chi connectivity index (χ0) is 33.8. The van der Waals surface area contributed by atoms with Crippen LogP contribution in [0.1, 0.15) is 135 Å². The number of rotatable bonds is 9. The maximum Gasteiger partial charge on any atom is 0.344 e. The van der Waals surface area contributed by atoms with Gasteiger partial charge in [-0.15, -0.1) is 0 Å². The van der Waals surface area contributed by atoms with Gasteiger partial charge in [0.25, 0.3) is 0 Å². The normalized spacial score (nSPS) is 33.3. The van der Waals surface area contributed by atoms with Crippen LogP contribution in [0, 0.1) is 53.3 Å². The van der Waals surface area contributed by atoms with E-state index in [4.69, 9.17) is 13.9 Å². The van der Waals surface area contributed by atoms with Crippen molar-refractivity contribution in [3.05, 3.63) is 50.9 Å². The van der Waals surface area contributed by atoms with Crippen LogP contribution in [0.15, 0.2) is 33.0 Å². The molecule has 3 fully saturated rings. The Balaban J connectivity index is 0.967. The first kappa shape index (κ1) is 33.9. The summed E-state index contributed by atoms with van der Waals surface area (Å²) in [7, 11) is 0. The SMILES string of the molecule is Cc1c(OCC(=O)O[C@H]2CC[C@@]3(C)C(=CC[C@@H]4[C@H]3CC[C@]3(C)[C@@H]([C@H](C)CCCC(C)C)CC[C@@H]43)C2)ccc2c3c(c(=O)oc12)CCCC3. The van der Waals surface area contributed by atoms with Crippen molar-refractivity contribution < 1.29 is 18.7 Å². The van der Waals surface area contributed by atoms with Crippen LogP contribution >= 0.6 is 0 Å². The fraction of sp³-hybridized carbons (Fsp3) is 0.721. The highest BCUT2D eigenvalue weighted by Crippen LogP contribution is 2.67. The molecule has 262 valence electrons. The number of hydrogen-bond acceptors (Lipinski definition) is 5. The van der Waals surface area contributed by atoms with Crippen molar-refractivity contribution in [1.82, 2.24) is 0 Å². The van der Waals surface area contributed by atoms with Gasteiger partial charge in [-0.2, -0.15) is 0 Å². The molecule has 1 aromatic carbocycles. The molecule has 1 heterocycles. The molecule has 2 aromatic rings. The highest BCUT2D eigenvalue weighted by molar-refractivity contribution is 5.86. The zero-order valence-electron chi connectivity index (χ0n) is 30.6. The van der Waals surface area contributed by atoms with Gasteiger partial charge in [0.1, 0.15) is 17.4 Å².